The number of para-hydroxylation sites is 1. The van der Waals surface area contributed by atoms with Crippen LogP contribution < -0.4 is 4.74 Å². The average Bonchev–Trinajstić information content (AvgIpc) is 2.59. The molecule has 0 unspecified atom stereocenters. The van der Waals surface area contributed by atoms with Crippen molar-refractivity contribution in [3.8, 4) is 16.9 Å². The normalized spacial score (nSPS) is 18.6. The molecule has 3 rings (SSSR count). The van der Waals surface area contributed by atoms with E-state index in [2.05, 4.69) is 67.6 Å². The molecule has 20 heavy (non-hydrogen) atoms. The lowest BCUT2D eigenvalue weighted by molar-refractivity contribution is 0.351. The molecule has 0 N–H and O–H groups in total. The molecule has 0 amide bonds. The Balaban J connectivity index is 2.08. The van der Waals surface area contributed by atoms with E-state index in [1.165, 1.54) is 22.3 Å². The first-order chi connectivity index (χ1) is 9.84. The lowest BCUT2D eigenvalue weighted by Gasteiger charge is -2.15. The Morgan fingerprint density at radius 2 is 1.80 bits per heavy atom. The summed E-state index contributed by atoms with van der Waals surface area (Å²) < 4.78 is 6.10. The first-order valence-electron chi connectivity index (χ1n) is 6.97. The van der Waals surface area contributed by atoms with Crippen LogP contribution in [0.2, 0.25) is 0 Å². The highest BCUT2D eigenvalue weighted by Gasteiger charge is 2.11. The van der Waals surface area contributed by atoms with Crippen LogP contribution in [0.1, 0.15) is 12.5 Å². The van der Waals surface area contributed by atoms with Crippen LogP contribution in [0.25, 0.3) is 11.1 Å². The first-order valence-corrected chi connectivity index (χ1v) is 6.97. The second-order valence-corrected chi connectivity index (χ2v) is 5.09. The molecule has 1 aliphatic heterocycles. The molecule has 0 spiro atoms. The highest BCUT2D eigenvalue weighted by molar-refractivity contribution is 5.72. The lowest BCUT2D eigenvalue weighted by Crippen LogP contribution is -2.02. The zero-order valence-electron chi connectivity index (χ0n) is 11.7. The van der Waals surface area contributed by atoms with Gasteiger partial charge in [-0.05, 0) is 30.0 Å². The third-order valence-corrected chi connectivity index (χ3v) is 3.48. The van der Waals surface area contributed by atoms with Crippen molar-refractivity contribution in [3.05, 3.63) is 77.9 Å². The van der Waals surface area contributed by atoms with Gasteiger partial charge in [0.15, 0.2) is 0 Å². The van der Waals surface area contributed by atoms with Gasteiger partial charge < -0.3 is 4.74 Å². The van der Waals surface area contributed by atoms with Crippen molar-refractivity contribution < 1.29 is 4.74 Å². The SMILES string of the molecule is C/C1=C/C=C\Cc2cccc(-c3ccccc3)c2OC1. The summed E-state index contributed by atoms with van der Waals surface area (Å²) in [5.74, 6) is 1.01. The molecule has 1 aliphatic rings. The first kappa shape index (κ1) is 12.7. The Hall–Kier alpha value is -2.28. The molecule has 0 atom stereocenters. The van der Waals surface area contributed by atoms with E-state index < -0.39 is 0 Å². The van der Waals surface area contributed by atoms with Gasteiger partial charge in [0, 0.05) is 5.56 Å². The number of ether oxygens (including phenoxy) is 1. The fraction of sp³-hybridized carbons (Fsp3) is 0.158. The Bertz CT molecular complexity index is 651. The van der Waals surface area contributed by atoms with E-state index in [-0.39, 0.29) is 0 Å². The maximum atomic E-state index is 6.10. The van der Waals surface area contributed by atoms with Crippen molar-refractivity contribution in [2.75, 3.05) is 6.61 Å². The van der Waals surface area contributed by atoms with Crippen LogP contribution in [0.4, 0.5) is 0 Å². The summed E-state index contributed by atoms with van der Waals surface area (Å²) in [5.41, 5.74) is 4.85. The molecule has 2 aromatic carbocycles. The van der Waals surface area contributed by atoms with Crippen LogP contribution in [-0.4, -0.2) is 6.61 Å². The van der Waals surface area contributed by atoms with Crippen LogP contribution in [0.3, 0.4) is 0 Å². The van der Waals surface area contributed by atoms with Gasteiger partial charge in [-0.3, -0.25) is 0 Å². The molecule has 100 valence electrons. The van der Waals surface area contributed by atoms with Gasteiger partial charge in [0.2, 0.25) is 0 Å². The van der Waals surface area contributed by atoms with E-state index in [0.29, 0.717) is 6.61 Å². The quantitative estimate of drug-likeness (QED) is 0.718. The second kappa shape index (κ2) is 5.79. The minimum absolute atomic E-state index is 0.640. The molecule has 0 saturated heterocycles. The van der Waals surface area contributed by atoms with Gasteiger partial charge in [-0.2, -0.15) is 0 Å². The van der Waals surface area contributed by atoms with Gasteiger partial charge in [0.25, 0.3) is 0 Å². The van der Waals surface area contributed by atoms with Crippen molar-refractivity contribution in [1.29, 1.82) is 0 Å². The Morgan fingerprint density at radius 1 is 0.950 bits per heavy atom. The Morgan fingerprint density at radius 3 is 2.65 bits per heavy atom. The van der Waals surface area contributed by atoms with Gasteiger partial charge in [0.1, 0.15) is 12.4 Å². The summed E-state index contributed by atoms with van der Waals surface area (Å²) in [6.45, 7) is 2.74. The fourth-order valence-corrected chi connectivity index (χ4v) is 2.42. The monoisotopic (exact) mass is 262 g/mol. The molecule has 1 heterocycles. The van der Waals surface area contributed by atoms with Gasteiger partial charge in [-0.1, -0.05) is 66.8 Å². The van der Waals surface area contributed by atoms with Crippen LogP contribution >= 0.6 is 0 Å². The summed E-state index contributed by atoms with van der Waals surface area (Å²) >= 11 is 0. The molecular weight excluding hydrogens is 244 g/mol. The summed E-state index contributed by atoms with van der Waals surface area (Å²) in [5, 5.41) is 0. The maximum Gasteiger partial charge on any atom is 0.131 e. The third-order valence-electron chi connectivity index (χ3n) is 3.48. The largest absolute Gasteiger partial charge is 0.488 e. The lowest BCUT2D eigenvalue weighted by atomic mass is 10.00. The number of hydrogen-bond donors (Lipinski definition) is 0. The van der Waals surface area contributed by atoms with E-state index in [1.807, 2.05) is 6.07 Å². The van der Waals surface area contributed by atoms with Gasteiger partial charge >= 0.3 is 0 Å². The maximum absolute atomic E-state index is 6.10. The summed E-state index contributed by atoms with van der Waals surface area (Å²) in [6, 6.07) is 16.8. The predicted molar refractivity (Wildman–Crippen MR) is 84.0 cm³/mol. The zero-order valence-corrected chi connectivity index (χ0v) is 11.7. The van der Waals surface area contributed by atoms with E-state index in [4.69, 9.17) is 4.74 Å². The average molecular weight is 262 g/mol. The predicted octanol–water partition coefficient (Wildman–Crippen LogP) is 4.79. The zero-order chi connectivity index (χ0) is 13.8. The van der Waals surface area contributed by atoms with E-state index in [9.17, 15) is 0 Å². The molecule has 1 heteroatoms. The Labute approximate surface area is 120 Å². The smallest absolute Gasteiger partial charge is 0.131 e. The standard InChI is InChI=1S/C19H18O/c1-15-8-5-6-11-17-12-7-13-18(19(17)20-14-15)16-9-3-2-4-10-16/h2-10,12-13H,11,14H2,1H3/b6-5-,15-8-. The number of rotatable bonds is 1. The van der Waals surface area contributed by atoms with Crippen LogP contribution in [0.5, 0.6) is 5.75 Å². The molecular formula is C19H18O. The molecule has 0 aliphatic carbocycles. The van der Waals surface area contributed by atoms with Gasteiger partial charge in [-0.25, -0.2) is 0 Å². The topological polar surface area (TPSA) is 9.23 Å². The van der Waals surface area contributed by atoms with Crippen molar-refractivity contribution in [2.45, 2.75) is 13.3 Å². The molecule has 0 saturated carbocycles. The van der Waals surface area contributed by atoms with E-state index >= 15 is 0 Å². The summed E-state index contributed by atoms with van der Waals surface area (Å²) in [6.07, 6.45) is 7.32. The van der Waals surface area contributed by atoms with Crippen LogP contribution in [-0.2, 0) is 6.42 Å². The molecule has 0 bridgehead atoms. The summed E-state index contributed by atoms with van der Waals surface area (Å²) in [4.78, 5) is 0. The van der Waals surface area contributed by atoms with Crippen molar-refractivity contribution in [1.82, 2.24) is 0 Å². The third kappa shape index (κ3) is 2.67. The molecule has 0 fully saturated rings. The van der Waals surface area contributed by atoms with Crippen molar-refractivity contribution in [3.63, 3.8) is 0 Å². The fourth-order valence-electron chi connectivity index (χ4n) is 2.42. The van der Waals surface area contributed by atoms with Crippen molar-refractivity contribution in [2.24, 2.45) is 0 Å². The van der Waals surface area contributed by atoms with Crippen LogP contribution in [0.15, 0.2) is 72.3 Å². The second-order valence-electron chi connectivity index (χ2n) is 5.09. The minimum atomic E-state index is 0.640. The molecule has 0 radical (unpaired) electrons. The highest BCUT2D eigenvalue weighted by atomic mass is 16.5. The van der Waals surface area contributed by atoms with E-state index in [1.54, 1.807) is 0 Å². The molecule has 0 aromatic heterocycles. The number of fused-ring (bicyclic) bond motifs is 1. The van der Waals surface area contributed by atoms with Gasteiger partial charge in [0.05, 0.1) is 0 Å². The van der Waals surface area contributed by atoms with Gasteiger partial charge in [-0.15, -0.1) is 0 Å². The van der Waals surface area contributed by atoms with Crippen LogP contribution in [0, 0.1) is 0 Å². The number of benzene rings is 2. The van der Waals surface area contributed by atoms with E-state index in [0.717, 1.165) is 12.2 Å². The minimum Gasteiger partial charge on any atom is -0.488 e. The number of hydrogen-bond acceptors (Lipinski definition) is 1. The highest BCUT2D eigenvalue weighted by Crippen LogP contribution is 2.34. The van der Waals surface area contributed by atoms with Crippen molar-refractivity contribution >= 4 is 0 Å². The molecule has 2 aromatic rings. The Kier molecular flexibility index (Phi) is 3.69. The number of allylic oxidation sites excluding steroid dienone is 3. The summed E-state index contributed by atoms with van der Waals surface area (Å²) in [7, 11) is 0. The molecule has 1 nitrogen and oxygen atoms in total.